The van der Waals surface area contributed by atoms with Gasteiger partial charge in [-0.3, -0.25) is 4.79 Å². The standard InChI is InChI=1S/C18H18N2O3S/c21-17-11-13-10-15(6-7-16(13)20-17)24(22,23)19-12-18(8-9-18)14-4-2-1-3-5-14/h1-7,10,19H,8-9,11-12H2,(H,20,21). The zero-order valence-electron chi connectivity index (χ0n) is 13.1. The van der Waals surface area contributed by atoms with Crippen molar-refractivity contribution in [2.75, 3.05) is 11.9 Å². The Morgan fingerprint density at radius 2 is 1.83 bits per heavy atom. The van der Waals surface area contributed by atoms with Crippen LogP contribution in [0.1, 0.15) is 24.0 Å². The smallest absolute Gasteiger partial charge is 0.240 e. The number of nitrogens with one attached hydrogen (secondary N) is 2. The number of sulfonamides is 1. The summed E-state index contributed by atoms with van der Waals surface area (Å²) in [4.78, 5) is 11.6. The van der Waals surface area contributed by atoms with Crippen LogP contribution in [0.15, 0.2) is 53.4 Å². The zero-order valence-corrected chi connectivity index (χ0v) is 13.9. The molecule has 1 amide bonds. The fraction of sp³-hybridized carbons (Fsp3) is 0.278. The van der Waals surface area contributed by atoms with Crippen molar-refractivity contribution in [1.82, 2.24) is 4.72 Å². The van der Waals surface area contributed by atoms with Gasteiger partial charge in [0.05, 0.1) is 11.3 Å². The lowest BCUT2D eigenvalue weighted by molar-refractivity contribution is -0.115. The van der Waals surface area contributed by atoms with Gasteiger partial charge in [-0.25, -0.2) is 13.1 Å². The molecule has 124 valence electrons. The molecule has 2 aromatic carbocycles. The highest BCUT2D eigenvalue weighted by Gasteiger charge is 2.44. The normalized spacial score (nSPS) is 18.1. The van der Waals surface area contributed by atoms with Gasteiger partial charge in [-0.05, 0) is 42.2 Å². The Balaban J connectivity index is 1.53. The summed E-state index contributed by atoms with van der Waals surface area (Å²) in [5.74, 6) is -0.103. The number of amides is 1. The second-order valence-electron chi connectivity index (χ2n) is 6.51. The predicted molar refractivity (Wildman–Crippen MR) is 91.3 cm³/mol. The third kappa shape index (κ3) is 2.72. The third-order valence-corrected chi connectivity index (χ3v) is 6.25. The van der Waals surface area contributed by atoms with Crippen molar-refractivity contribution in [2.24, 2.45) is 0 Å². The average molecular weight is 342 g/mol. The van der Waals surface area contributed by atoms with E-state index in [2.05, 4.69) is 10.0 Å². The predicted octanol–water partition coefficient (Wildman–Crippen LogP) is 2.19. The minimum Gasteiger partial charge on any atom is -0.326 e. The SMILES string of the molecule is O=C1Cc2cc(S(=O)(=O)NCC3(c4ccccc4)CC3)ccc2N1. The van der Waals surface area contributed by atoms with Crippen LogP contribution >= 0.6 is 0 Å². The van der Waals surface area contributed by atoms with E-state index in [4.69, 9.17) is 0 Å². The van der Waals surface area contributed by atoms with Crippen LogP contribution in [-0.2, 0) is 26.7 Å². The van der Waals surface area contributed by atoms with Gasteiger partial charge in [-0.2, -0.15) is 0 Å². The van der Waals surface area contributed by atoms with E-state index in [0.29, 0.717) is 12.2 Å². The van der Waals surface area contributed by atoms with Crippen molar-refractivity contribution in [3.63, 3.8) is 0 Å². The first-order chi connectivity index (χ1) is 11.5. The molecule has 0 aromatic heterocycles. The van der Waals surface area contributed by atoms with Crippen LogP contribution in [0.25, 0.3) is 0 Å². The zero-order chi connectivity index (χ0) is 16.8. The van der Waals surface area contributed by atoms with E-state index in [-0.39, 0.29) is 22.6 Å². The van der Waals surface area contributed by atoms with Crippen molar-refractivity contribution < 1.29 is 13.2 Å². The molecule has 1 fully saturated rings. The van der Waals surface area contributed by atoms with Gasteiger partial charge in [0.1, 0.15) is 0 Å². The summed E-state index contributed by atoms with van der Waals surface area (Å²) >= 11 is 0. The molecule has 0 saturated heterocycles. The van der Waals surface area contributed by atoms with Crippen LogP contribution in [-0.4, -0.2) is 20.9 Å². The number of fused-ring (bicyclic) bond motifs is 1. The molecule has 2 N–H and O–H groups in total. The van der Waals surface area contributed by atoms with Crippen LogP contribution in [0.4, 0.5) is 5.69 Å². The maximum Gasteiger partial charge on any atom is 0.240 e. The van der Waals surface area contributed by atoms with Crippen molar-refractivity contribution in [3.8, 4) is 0 Å². The number of hydrogen-bond acceptors (Lipinski definition) is 3. The van der Waals surface area contributed by atoms with E-state index in [0.717, 1.165) is 18.4 Å². The summed E-state index contributed by atoms with van der Waals surface area (Å²) in [5.41, 5.74) is 2.52. The first kappa shape index (κ1) is 15.4. The molecule has 2 aromatic rings. The molecule has 1 aliphatic carbocycles. The topological polar surface area (TPSA) is 75.3 Å². The molecule has 0 spiro atoms. The van der Waals surface area contributed by atoms with E-state index < -0.39 is 10.0 Å². The van der Waals surface area contributed by atoms with Gasteiger partial charge < -0.3 is 5.32 Å². The summed E-state index contributed by atoms with van der Waals surface area (Å²) in [5, 5.41) is 2.71. The Hall–Kier alpha value is -2.18. The Kier molecular flexibility index (Phi) is 3.47. The van der Waals surface area contributed by atoms with Gasteiger partial charge in [0.2, 0.25) is 15.9 Å². The minimum absolute atomic E-state index is 0.0808. The van der Waals surface area contributed by atoms with Crippen LogP contribution in [0.5, 0.6) is 0 Å². The van der Waals surface area contributed by atoms with Gasteiger partial charge in [0, 0.05) is 17.6 Å². The van der Waals surface area contributed by atoms with Gasteiger partial charge in [0.25, 0.3) is 0 Å². The number of hydrogen-bond donors (Lipinski definition) is 2. The fourth-order valence-electron chi connectivity index (χ4n) is 3.20. The van der Waals surface area contributed by atoms with E-state index in [1.165, 1.54) is 11.6 Å². The highest BCUT2D eigenvalue weighted by atomic mass is 32.2. The lowest BCUT2D eigenvalue weighted by Gasteiger charge is -2.17. The molecule has 1 heterocycles. The second-order valence-corrected chi connectivity index (χ2v) is 8.28. The molecule has 0 radical (unpaired) electrons. The monoisotopic (exact) mass is 342 g/mol. The van der Waals surface area contributed by atoms with Crippen LogP contribution < -0.4 is 10.0 Å². The summed E-state index contributed by atoms with van der Waals surface area (Å²) in [6.45, 7) is 0.396. The van der Waals surface area contributed by atoms with Gasteiger partial charge in [0.15, 0.2) is 0 Å². The first-order valence-electron chi connectivity index (χ1n) is 7.97. The molecule has 5 nitrogen and oxygen atoms in total. The summed E-state index contributed by atoms with van der Waals surface area (Å²) in [6.07, 6.45) is 2.21. The maximum absolute atomic E-state index is 12.6. The quantitative estimate of drug-likeness (QED) is 0.875. The van der Waals surface area contributed by atoms with Crippen LogP contribution in [0.2, 0.25) is 0 Å². The number of anilines is 1. The minimum atomic E-state index is -3.59. The van der Waals surface area contributed by atoms with Crippen molar-refractivity contribution in [1.29, 1.82) is 0 Å². The summed E-state index contributed by atoms with van der Waals surface area (Å²) in [7, 11) is -3.59. The van der Waals surface area contributed by atoms with Crippen molar-refractivity contribution >= 4 is 21.6 Å². The molecule has 6 heteroatoms. The van der Waals surface area contributed by atoms with Gasteiger partial charge >= 0.3 is 0 Å². The third-order valence-electron chi connectivity index (χ3n) is 4.85. The van der Waals surface area contributed by atoms with E-state index in [1.807, 2.05) is 30.3 Å². The molecule has 0 unspecified atom stereocenters. The molecule has 0 atom stereocenters. The number of carbonyl (C=O) groups is 1. The Labute approximate surface area is 141 Å². The molecule has 1 saturated carbocycles. The molecule has 0 bridgehead atoms. The lowest BCUT2D eigenvalue weighted by atomic mass is 9.96. The summed E-state index contributed by atoms with van der Waals surface area (Å²) in [6, 6.07) is 14.8. The maximum atomic E-state index is 12.6. The number of rotatable bonds is 5. The van der Waals surface area contributed by atoms with E-state index in [1.54, 1.807) is 12.1 Å². The first-order valence-corrected chi connectivity index (χ1v) is 9.45. The Bertz CT molecular complexity index is 903. The Morgan fingerprint density at radius 1 is 1.08 bits per heavy atom. The fourth-order valence-corrected chi connectivity index (χ4v) is 4.38. The molecule has 4 rings (SSSR count). The van der Waals surface area contributed by atoms with Crippen molar-refractivity contribution in [3.05, 3.63) is 59.7 Å². The van der Waals surface area contributed by atoms with Crippen molar-refractivity contribution in [2.45, 2.75) is 29.6 Å². The van der Waals surface area contributed by atoms with Crippen LogP contribution in [0, 0.1) is 0 Å². The van der Waals surface area contributed by atoms with E-state index >= 15 is 0 Å². The molecule has 24 heavy (non-hydrogen) atoms. The van der Waals surface area contributed by atoms with Crippen LogP contribution in [0.3, 0.4) is 0 Å². The molecule has 1 aliphatic heterocycles. The molecular weight excluding hydrogens is 324 g/mol. The molecular formula is C18H18N2O3S. The number of carbonyl (C=O) groups excluding carboxylic acids is 1. The number of benzene rings is 2. The second kappa shape index (κ2) is 5.43. The van der Waals surface area contributed by atoms with Gasteiger partial charge in [-0.1, -0.05) is 30.3 Å². The van der Waals surface area contributed by atoms with E-state index in [9.17, 15) is 13.2 Å². The average Bonchev–Trinajstić information content (AvgIpc) is 3.28. The molecule has 2 aliphatic rings. The largest absolute Gasteiger partial charge is 0.326 e. The Morgan fingerprint density at radius 3 is 2.54 bits per heavy atom. The van der Waals surface area contributed by atoms with Gasteiger partial charge in [-0.15, -0.1) is 0 Å². The lowest BCUT2D eigenvalue weighted by Crippen LogP contribution is -2.32. The highest BCUT2D eigenvalue weighted by Crippen LogP contribution is 2.47. The summed E-state index contributed by atoms with van der Waals surface area (Å²) < 4.78 is 28.0. The highest BCUT2D eigenvalue weighted by molar-refractivity contribution is 7.89.